The van der Waals surface area contributed by atoms with E-state index in [-0.39, 0.29) is 28.7 Å². The molecule has 1 aromatic carbocycles. The molecular weight excluding hydrogens is 422 g/mol. The van der Waals surface area contributed by atoms with E-state index < -0.39 is 10.0 Å². The summed E-state index contributed by atoms with van der Waals surface area (Å²) in [5, 5.41) is 0. The third-order valence-electron chi connectivity index (χ3n) is 5.01. The molecule has 4 rings (SSSR count). The van der Waals surface area contributed by atoms with Gasteiger partial charge in [-0.2, -0.15) is 4.31 Å². The molecule has 1 aromatic heterocycles. The average molecular weight is 440 g/mol. The summed E-state index contributed by atoms with van der Waals surface area (Å²) in [7, 11) is -3.58. The largest absolute Gasteiger partial charge is 0.332 e. The predicted molar refractivity (Wildman–Crippen MR) is 107 cm³/mol. The molecule has 28 heavy (non-hydrogen) atoms. The molecule has 0 bridgehead atoms. The van der Waals surface area contributed by atoms with Gasteiger partial charge in [-0.25, -0.2) is 18.1 Å². The Hall–Kier alpha value is -1.94. The molecular formula is C18H18ClN3O4S2. The summed E-state index contributed by atoms with van der Waals surface area (Å²) in [5.74, 6) is -0.264. The topological polar surface area (TPSA) is 78.0 Å². The van der Waals surface area contributed by atoms with Crippen LogP contribution >= 0.6 is 22.9 Å². The number of thiophene rings is 1. The highest BCUT2D eigenvalue weighted by Gasteiger charge is 2.42. The first kappa shape index (κ1) is 19.4. The molecule has 2 aliphatic heterocycles. The molecule has 2 saturated heterocycles. The molecule has 0 radical (unpaired) electrons. The summed E-state index contributed by atoms with van der Waals surface area (Å²) in [6, 6.07) is 11.4. The van der Waals surface area contributed by atoms with E-state index >= 15 is 0 Å². The zero-order valence-corrected chi connectivity index (χ0v) is 17.2. The van der Waals surface area contributed by atoms with E-state index in [0.29, 0.717) is 36.0 Å². The van der Waals surface area contributed by atoms with Crippen molar-refractivity contribution in [3.8, 4) is 0 Å². The minimum absolute atomic E-state index is 0.0195. The van der Waals surface area contributed by atoms with E-state index in [1.165, 1.54) is 15.3 Å². The van der Waals surface area contributed by atoms with Crippen LogP contribution in [-0.4, -0.2) is 55.2 Å². The Labute approximate surface area is 172 Å². The maximum atomic E-state index is 12.8. The molecule has 0 saturated carbocycles. The minimum atomic E-state index is -3.58. The van der Waals surface area contributed by atoms with Gasteiger partial charge in [-0.1, -0.05) is 29.8 Å². The van der Waals surface area contributed by atoms with Gasteiger partial charge >= 0.3 is 6.03 Å². The van der Waals surface area contributed by atoms with E-state index in [1.54, 1.807) is 35.2 Å². The number of halogens is 1. The van der Waals surface area contributed by atoms with Crippen molar-refractivity contribution >= 4 is 50.6 Å². The van der Waals surface area contributed by atoms with Gasteiger partial charge in [0.05, 0.1) is 10.0 Å². The Morgan fingerprint density at radius 2 is 1.68 bits per heavy atom. The molecule has 0 aliphatic carbocycles. The SMILES string of the molecule is O=C1CN(C2CCN(S(=O)(=O)c3ccc(Cl)s3)CC2)C(=O)N1c1ccccc1. The van der Waals surface area contributed by atoms with Crippen LogP contribution < -0.4 is 4.90 Å². The van der Waals surface area contributed by atoms with Gasteiger partial charge in [-0.05, 0) is 37.1 Å². The lowest BCUT2D eigenvalue weighted by molar-refractivity contribution is -0.116. The predicted octanol–water partition coefficient (Wildman–Crippen LogP) is 3.02. The highest BCUT2D eigenvalue weighted by molar-refractivity contribution is 7.91. The van der Waals surface area contributed by atoms with E-state index in [0.717, 1.165) is 11.3 Å². The summed E-state index contributed by atoms with van der Waals surface area (Å²) in [4.78, 5) is 27.9. The summed E-state index contributed by atoms with van der Waals surface area (Å²) in [6.07, 6.45) is 0.972. The zero-order chi connectivity index (χ0) is 19.9. The Kier molecular flexibility index (Phi) is 5.17. The maximum Gasteiger partial charge on any atom is 0.332 e. The minimum Gasteiger partial charge on any atom is -0.312 e. The zero-order valence-electron chi connectivity index (χ0n) is 14.8. The molecule has 2 aliphatic rings. The van der Waals surface area contributed by atoms with Crippen molar-refractivity contribution in [1.29, 1.82) is 0 Å². The molecule has 0 N–H and O–H groups in total. The fourth-order valence-corrected chi connectivity index (χ4v) is 6.70. The van der Waals surface area contributed by atoms with E-state index in [2.05, 4.69) is 0 Å². The van der Waals surface area contributed by atoms with Crippen molar-refractivity contribution in [2.75, 3.05) is 24.5 Å². The lowest BCUT2D eigenvalue weighted by atomic mass is 10.1. The smallest absolute Gasteiger partial charge is 0.312 e. The van der Waals surface area contributed by atoms with E-state index in [9.17, 15) is 18.0 Å². The standard InChI is InChI=1S/C18H18ClN3O4S2/c19-15-6-7-17(27-15)28(25,26)20-10-8-13(9-11-20)21-12-16(23)22(18(21)24)14-4-2-1-3-5-14/h1-7,13H,8-12H2. The number of piperidine rings is 1. The normalized spacial score (nSPS) is 19.6. The van der Waals surface area contributed by atoms with Gasteiger partial charge in [0, 0.05) is 19.1 Å². The van der Waals surface area contributed by atoms with E-state index in [4.69, 9.17) is 11.6 Å². The molecule has 148 valence electrons. The maximum absolute atomic E-state index is 12.8. The first-order chi connectivity index (χ1) is 13.4. The summed E-state index contributed by atoms with van der Waals surface area (Å²) < 4.78 is 27.5. The highest BCUT2D eigenvalue weighted by atomic mass is 35.5. The van der Waals surface area contributed by atoms with Crippen LogP contribution in [0.15, 0.2) is 46.7 Å². The average Bonchev–Trinajstić information content (AvgIpc) is 3.26. The third-order valence-corrected chi connectivity index (χ3v) is 8.61. The van der Waals surface area contributed by atoms with Gasteiger partial charge in [0.2, 0.25) is 0 Å². The van der Waals surface area contributed by atoms with Crippen molar-refractivity contribution < 1.29 is 18.0 Å². The molecule has 10 heteroatoms. The van der Waals surface area contributed by atoms with Crippen molar-refractivity contribution in [2.24, 2.45) is 0 Å². The molecule has 0 atom stereocenters. The fourth-order valence-electron chi connectivity index (χ4n) is 3.59. The number of benzene rings is 1. The summed E-state index contributed by atoms with van der Waals surface area (Å²) in [5.41, 5.74) is 0.551. The number of rotatable bonds is 4. The highest BCUT2D eigenvalue weighted by Crippen LogP contribution is 2.31. The van der Waals surface area contributed by atoms with Crippen molar-refractivity contribution in [3.05, 3.63) is 46.8 Å². The number of nitrogens with zero attached hydrogens (tertiary/aromatic N) is 3. The molecule has 2 fully saturated rings. The lowest BCUT2D eigenvalue weighted by Crippen LogP contribution is -2.47. The van der Waals surface area contributed by atoms with Gasteiger partial charge in [-0.15, -0.1) is 11.3 Å². The molecule has 0 spiro atoms. The van der Waals surface area contributed by atoms with Crippen LogP contribution in [0.5, 0.6) is 0 Å². The van der Waals surface area contributed by atoms with Crippen LogP contribution in [0.2, 0.25) is 4.34 Å². The van der Waals surface area contributed by atoms with Crippen LogP contribution in [-0.2, 0) is 14.8 Å². The Morgan fingerprint density at radius 3 is 2.29 bits per heavy atom. The second-order valence-electron chi connectivity index (χ2n) is 6.67. The first-order valence-corrected chi connectivity index (χ1v) is 11.5. The van der Waals surface area contributed by atoms with Crippen molar-refractivity contribution in [2.45, 2.75) is 23.1 Å². The summed E-state index contributed by atoms with van der Waals surface area (Å²) in [6.45, 7) is 0.614. The Morgan fingerprint density at radius 1 is 1.00 bits per heavy atom. The fraction of sp³-hybridized carbons (Fsp3) is 0.333. The van der Waals surface area contributed by atoms with Crippen molar-refractivity contribution in [1.82, 2.24) is 9.21 Å². The second-order valence-corrected chi connectivity index (χ2v) is 10.5. The van der Waals surface area contributed by atoms with Crippen LogP contribution in [0, 0.1) is 0 Å². The number of urea groups is 1. The molecule has 3 heterocycles. The number of amides is 3. The quantitative estimate of drug-likeness (QED) is 0.686. The number of sulfonamides is 1. The van der Waals surface area contributed by atoms with Crippen LogP contribution in [0.1, 0.15) is 12.8 Å². The van der Waals surface area contributed by atoms with Gasteiger partial charge in [-0.3, -0.25) is 4.79 Å². The number of carbonyl (C=O) groups is 2. The van der Waals surface area contributed by atoms with Gasteiger partial charge in [0.1, 0.15) is 10.8 Å². The van der Waals surface area contributed by atoms with Gasteiger partial charge in [0.15, 0.2) is 0 Å². The van der Waals surface area contributed by atoms with Gasteiger partial charge < -0.3 is 4.90 Å². The number of para-hydroxylation sites is 1. The molecule has 2 aromatic rings. The third kappa shape index (κ3) is 3.43. The molecule has 3 amide bonds. The Balaban J connectivity index is 1.44. The van der Waals surface area contributed by atoms with Gasteiger partial charge in [0.25, 0.3) is 15.9 Å². The number of hydrogen-bond acceptors (Lipinski definition) is 5. The van der Waals surface area contributed by atoms with Crippen molar-refractivity contribution in [3.63, 3.8) is 0 Å². The Bertz CT molecular complexity index is 1000. The monoisotopic (exact) mass is 439 g/mol. The van der Waals surface area contributed by atoms with Crippen LogP contribution in [0.3, 0.4) is 0 Å². The lowest BCUT2D eigenvalue weighted by Gasteiger charge is -2.35. The second kappa shape index (κ2) is 7.47. The van der Waals surface area contributed by atoms with Crippen LogP contribution in [0.4, 0.5) is 10.5 Å². The number of carbonyl (C=O) groups excluding carboxylic acids is 2. The summed E-state index contributed by atoms with van der Waals surface area (Å²) >= 11 is 6.90. The molecule has 7 nitrogen and oxygen atoms in total. The number of imide groups is 1. The van der Waals surface area contributed by atoms with Crippen LogP contribution in [0.25, 0.3) is 0 Å². The number of anilines is 1. The molecule has 0 unspecified atom stereocenters. The van der Waals surface area contributed by atoms with E-state index in [1.807, 2.05) is 6.07 Å². The first-order valence-electron chi connectivity index (χ1n) is 8.82. The number of hydrogen-bond donors (Lipinski definition) is 0.